The molecule has 1 aromatic carbocycles. The third-order valence-electron chi connectivity index (χ3n) is 4.81. The first-order chi connectivity index (χ1) is 13.7. The van der Waals surface area contributed by atoms with Crippen LogP contribution in [0.5, 0.6) is 0 Å². The number of aromatic nitrogens is 4. The molecular weight excluding hydrogens is 410 g/mol. The fraction of sp³-hybridized carbons (Fsp3) is 0.368. The second-order valence-corrected chi connectivity index (χ2v) is 9.99. The number of anilines is 1. The summed E-state index contributed by atoms with van der Waals surface area (Å²) in [5.41, 5.74) is 3.93. The molecule has 0 fully saturated rings. The van der Waals surface area contributed by atoms with Gasteiger partial charge in [0.1, 0.15) is 0 Å². The zero-order valence-electron chi connectivity index (χ0n) is 16.4. The number of carbonyl (C=O) groups excluding carboxylic acids is 1. The van der Waals surface area contributed by atoms with E-state index in [2.05, 4.69) is 15.1 Å². The Labute approximate surface area is 173 Å². The summed E-state index contributed by atoms with van der Waals surface area (Å²) in [7, 11) is -3.32. The van der Waals surface area contributed by atoms with Gasteiger partial charge in [0.25, 0.3) is 5.78 Å². The van der Waals surface area contributed by atoms with Crippen molar-refractivity contribution in [2.24, 2.45) is 0 Å². The fourth-order valence-corrected chi connectivity index (χ4v) is 5.21. The maximum absolute atomic E-state index is 12.7. The van der Waals surface area contributed by atoms with Crippen molar-refractivity contribution in [1.29, 1.82) is 0 Å². The van der Waals surface area contributed by atoms with Crippen molar-refractivity contribution in [2.75, 3.05) is 22.9 Å². The highest BCUT2D eigenvalue weighted by molar-refractivity contribution is 7.99. The summed E-state index contributed by atoms with van der Waals surface area (Å²) in [4.78, 5) is 21.4. The Morgan fingerprint density at radius 3 is 2.76 bits per heavy atom. The zero-order chi connectivity index (χ0) is 20.8. The predicted octanol–water partition coefficient (Wildman–Crippen LogP) is 2.43. The molecule has 0 bridgehead atoms. The number of thioether (sulfide) groups is 1. The van der Waals surface area contributed by atoms with Crippen molar-refractivity contribution in [3.05, 3.63) is 46.8 Å². The van der Waals surface area contributed by atoms with E-state index in [9.17, 15) is 13.2 Å². The number of sulfonamides is 1. The number of rotatable bonds is 5. The summed E-state index contributed by atoms with van der Waals surface area (Å²) in [5.74, 6) is 0.671. The quantitative estimate of drug-likeness (QED) is 0.452. The van der Waals surface area contributed by atoms with Crippen molar-refractivity contribution in [1.82, 2.24) is 19.6 Å². The summed E-state index contributed by atoms with van der Waals surface area (Å²) >= 11 is 1.27. The summed E-state index contributed by atoms with van der Waals surface area (Å²) in [5, 5.41) is 4.91. The van der Waals surface area contributed by atoms with Crippen LogP contribution in [0.4, 0.5) is 5.69 Å². The molecule has 0 radical (unpaired) electrons. The van der Waals surface area contributed by atoms with E-state index in [4.69, 9.17) is 0 Å². The number of Topliss-reactive ketones (excluding diaryl/α,β-unsaturated/α-hetero) is 1. The van der Waals surface area contributed by atoms with Crippen molar-refractivity contribution >= 4 is 39.0 Å². The van der Waals surface area contributed by atoms with Crippen LogP contribution in [0.2, 0.25) is 0 Å². The summed E-state index contributed by atoms with van der Waals surface area (Å²) < 4.78 is 27.0. The molecule has 29 heavy (non-hydrogen) atoms. The lowest BCUT2D eigenvalue weighted by Gasteiger charge is -2.29. The molecule has 3 heterocycles. The zero-order valence-corrected chi connectivity index (χ0v) is 18.0. The minimum atomic E-state index is -3.32. The van der Waals surface area contributed by atoms with Gasteiger partial charge >= 0.3 is 0 Å². The smallest absolute Gasteiger partial charge is 0.253 e. The van der Waals surface area contributed by atoms with E-state index in [1.165, 1.54) is 22.3 Å². The van der Waals surface area contributed by atoms with E-state index in [0.717, 1.165) is 29.8 Å². The highest BCUT2D eigenvalue weighted by Crippen LogP contribution is 2.30. The first kappa shape index (κ1) is 19.8. The maximum atomic E-state index is 12.7. The number of aryl methyl sites for hydroxylation is 3. The minimum Gasteiger partial charge on any atom is -0.293 e. The maximum Gasteiger partial charge on any atom is 0.253 e. The monoisotopic (exact) mass is 431 g/mol. The Bertz CT molecular complexity index is 1220. The number of carbonyl (C=O) groups is 1. The molecule has 0 atom stereocenters. The standard InChI is InChI=1S/C19H21N5O3S2/c1-12-9-13(2)24-18(20-12)21-19(22-24)28-11-17(25)15-6-7-16-14(10-15)5-4-8-23(16)29(3,26)27/h6-7,9-10H,4-5,8,11H2,1-3H3. The molecule has 1 aliphatic rings. The second kappa shape index (κ2) is 7.42. The van der Waals surface area contributed by atoms with Crippen LogP contribution in [-0.2, 0) is 16.4 Å². The Balaban J connectivity index is 1.51. The molecule has 3 aromatic rings. The van der Waals surface area contributed by atoms with E-state index in [1.54, 1.807) is 16.6 Å². The van der Waals surface area contributed by atoms with Crippen molar-refractivity contribution in [3.8, 4) is 0 Å². The minimum absolute atomic E-state index is 0.0472. The van der Waals surface area contributed by atoms with Gasteiger partial charge in [0.2, 0.25) is 15.2 Å². The van der Waals surface area contributed by atoms with Gasteiger partial charge in [-0.25, -0.2) is 17.9 Å². The summed E-state index contributed by atoms with van der Waals surface area (Å²) in [6.45, 7) is 4.31. The molecule has 0 amide bonds. The van der Waals surface area contributed by atoms with Crippen LogP contribution < -0.4 is 4.31 Å². The Kier molecular flexibility index (Phi) is 5.07. The van der Waals surface area contributed by atoms with Gasteiger partial charge in [-0.2, -0.15) is 4.98 Å². The predicted molar refractivity (Wildman–Crippen MR) is 112 cm³/mol. The lowest BCUT2D eigenvalue weighted by molar-refractivity contribution is 0.102. The van der Waals surface area contributed by atoms with Gasteiger partial charge in [-0.15, -0.1) is 5.10 Å². The number of hydrogen-bond donors (Lipinski definition) is 0. The molecule has 0 unspecified atom stereocenters. The third kappa shape index (κ3) is 3.99. The van der Waals surface area contributed by atoms with Gasteiger partial charge in [-0.1, -0.05) is 11.8 Å². The fourth-order valence-electron chi connectivity index (χ4n) is 3.50. The van der Waals surface area contributed by atoms with Crippen LogP contribution >= 0.6 is 11.8 Å². The van der Waals surface area contributed by atoms with Gasteiger partial charge in [-0.3, -0.25) is 9.10 Å². The van der Waals surface area contributed by atoms with Crippen LogP contribution in [0, 0.1) is 13.8 Å². The summed E-state index contributed by atoms with van der Waals surface area (Å²) in [6.07, 6.45) is 2.70. The van der Waals surface area contributed by atoms with Crippen molar-refractivity contribution < 1.29 is 13.2 Å². The molecule has 8 nitrogen and oxygen atoms in total. The highest BCUT2D eigenvalue weighted by atomic mass is 32.2. The molecule has 10 heteroatoms. The largest absolute Gasteiger partial charge is 0.293 e. The van der Waals surface area contributed by atoms with Crippen LogP contribution in [0.25, 0.3) is 5.78 Å². The van der Waals surface area contributed by atoms with Gasteiger partial charge in [0.15, 0.2) is 5.78 Å². The Morgan fingerprint density at radius 1 is 1.21 bits per heavy atom. The average Bonchev–Trinajstić information content (AvgIpc) is 3.07. The average molecular weight is 432 g/mol. The lowest BCUT2D eigenvalue weighted by atomic mass is 9.99. The molecule has 152 valence electrons. The van der Waals surface area contributed by atoms with E-state index in [-0.39, 0.29) is 11.5 Å². The highest BCUT2D eigenvalue weighted by Gasteiger charge is 2.24. The van der Waals surface area contributed by atoms with Crippen molar-refractivity contribution in [3.63, 3.8) is 0 Å². The summed E-state index contributed by atoms with van der Waals surface area (Å²) in [6, 6.07) is 7.15. The third-order valence-corrected chi connectivity index (χ3v) is 6.83. The molecular formula is C19H21N5O3S2. The van der Waals surface area contributed by atoms with Crippen molar-refractivity contribution in [2.45, 2.75) is 31.8 Å². The molecule has 0 aliphatic carbocycles. The first-order valence-corrected chi connectivity index (χ1v) is 12.0. The Morgan fingerprint density at radius 2 is 2.00 bits per heavy atom. The van der Waals surface area contributed by atoms with Gasteiger partial charge in [-0.05, 0) is 56.5 Å². The van der Waals surface area contributed by atoms with Crippen LogP contribution in [0.15, 0.2) is 29.4 Å². The molecule has 0 N–H and O–H groups in total. The van der Waals surface area contributed by atoms with E-state index >= 15 is 0 Å². The first-order valence-electron chi connectivity index (χ1n) is 9.20. The Hall–Kier alpha value is -2.46. The SMILES string of the molecule is Cc1cc(C)n2nc(SCC(=O)c3ccc4c(c3)CCCN4S(C)(=O)=O)nc2n1. The van der Waals surface area contributed by atoms with E-state index < -0.39 is 10.0 Å². The number of fused-ring (bicyclic) bond motifs is 2. The van der Waals surface area contributed by atoms with Gasteiger partial charge in [0.05, 0.1) is 17.7 Å². The van der Waals surface area contributed by atoms with Gasteiger partial charge in [0, 0.05) is 23.5 Å². The normalized spacial score (nSPS) is 14.2. The number of ketones is 1. The molecule has 0 saturated carbocycles. The number of benzene rings is 1. The number of nitrogens with zero attached hydrogens (tertiary/aromatic N) is 5. The van der Waals surface area contributed by atoms with E-state index in [1.807, 2.05) is 26.0 Å². The van der Waals surface area contributed by atoms with Gasteiger partial charge < -0.3 is 0 Å². The molecule has 1 aliphatic heterocycles. The van der Waals surface area contributed by atoms with Crippen LogP contribution in [-0.4, -0.2) is 52.3 Å². The van der Waals surface area contributed by atoms with Crippen LogP contribution in [0.3, 0.4) is 0 Å². The molecule has 0 spiro atoms. The number of hydrogen-bond acceptors (Lipinski definition) is 7. The second-order valence-electron chi connectivity index (χ2n) is 7.14. The van der Waals surface area contributed by atoms with E-state index in [0.29, 0.717) is 28.7 Å². The topological polar surface area (TPSA) is 97.5 Å². The molecule has 2 aromatic heterocycles. The molecule has 4 rings (SSSR count). The molecule has 0 saturated heterocycles. The van der Waals surface area contributed by atoms with Crippen LogP contribution in [0.1, 0.15) is 33.7 Å². The lowest BCUT2D eigenvalue weighted by Crippen LogP contribution is -2.34.